The number of alkyl halides is 3. The molecule has 0 bridgehead atoms. The van der Waals surface area contributed by atoms with Gasteiger partial charge in [-0.1, -0.05) is 86.1 Å². The molecule has 0 aliphatic carbocycles. The topological polar surface area (TPSA) is 81.4 Å². The van der Waals surface area contributed by atoms with Gasteiger partial charge in [-0.25, -0.2) is 14.5 Å². The number of hydrogen-bond acceptors (Lipinski definition) is 5. The van der Waals surface area contributed by atoms with E-state index in [1.807, 2.05) is 24.3 Å². The summed E-state index contributed by atoms with van der Waals surface area (Å²) in [4.78, 5) is 21.7. The summed E-state index contributed by atoms with van der Waals surface area (Å²) in [5.41, 5.74) is 7.32. The predicted octanol–water partition coefficient (Wildman–Crippen LogP) is 8.99. The lowest BCUT2D eigenvalue weighted by atomic mass is 9.85. The van der Waals surface area contributed by atoms with E-state index >= 15 is 0 Å². The molecule has 7 nitrogen and oxygen atoms in total. The molecule has 1 aliphatic heterocycles. The van der Waals surface area contributed by atoms with E-state index in [0.29, 0.717) is 24.0 Å². The summed E-state index contributed by atoms with van der Waals surface area (Å²) in [5.74, 6) is 0.710. The van der Waals surface area contributed by atoms with Crippen LogP contribution in [0, 0.1) is 12.8 Å². The average Bonchev–Trinajstić information content (AvgIpc) is 3.63. The number of carbonyl (C=O) groups excluding carboxylic acids is 1. The number of ether oxygens (including phenoxy) is 1. The van der Waals surface area contributed by atoms with Gasteiger partial charge in [0.25, 0.3) is 0 Å². The van der Waals surface area contributed by atoms with E-state index in [9.17, 15) is 18.0 Å². The highest BCUT2D eigenvalue weighted by atomic mass is 32.2. The Hall–Kier alpha value is -4.38. The molecule has 2 amide bonds. The number of carbonyl (C=O) groups is 1. The second kappa shape index (κ2) is 13.9. The van der Waals surface area contributed by atoms with Crippen LogP contribution < -0.4 is 10.1 Å². The number of allylic oxidation sites excluding steroid dienone is 1. The van der Waals surface area contributed by atoms with Gasteiger partial charge in [0, 0.05) is 12.1 Å². The Morgan fingerprint density at radius 3 is 2.43 bits per heavy atom. The SMILES string of the molecule is CC1=CS/C(=N\C(=O)NCC(C)Cc2ccc(-c3ncn(-c4ccc(OC(F)(F)F)cc4)n3)cc2)C1c1cc(C)ccc1C(C)C. The first-order valence-corrected chi connectivity index (χ1v) is 15.9. The van der Waals surface area contributed by atoms with Crippen LogP contribution in [0.1, 0.15) is 61.8 Å². The van der Waals surface area contributed by atoms with Crippen molar-refractivity contribution in [2.24, 2.45) is 10.9 Å². The molecule has 1 aromatic heterocycles. The molecule has 2 atom stereocenters. The Morgan fingerprint density at radius 2 is 1.76 bits per heavy atom. The van der Waals surface area contributed by atoms with Gasteiger partial charge in [-0.2, -0.15) is 4.99 Å². The van der Waals surface area contributed by atoms with Crippen LogP contribution in [-0.4, -0.2) is 38.7 Å². The normalized spacial score (nSPS) is 16.5. The maximum Gasteiger partial charge on any atom is 0.573 e. The first kappa shape index (κ1) is 33.0. The second-order valence-electron chi connectivity index (χ2n) is 11.9. The zero-order chi connectivity index (χ0) is 33.0. The Bertz CT molecular complexity index is 1750. The van der Waals surface area contributed by atoms with Gasteiger partial charge in [-0.3, -0.25) is 0 Å². The molecular formula is C35H36F3N5O2S. The molecule has 2 heterocycles. The molecule has 11 heteroatoms. The Kier molecular flexibility index (Phi) is 10.0. The van der Waals surface area contributed by atoms with Crippen molar-refractivity contribution in [1.29, 1.82) is 0 Å². The molecule has 240 valence electrons. The fourth-order valence-corrected chi connectivity index (χ4v) is 6.44. The van der Waals surface area contributed by atoms with Crippen LogP contribution in [0.5, 0.6) is 5.75 Å². The van der Waals surface area contributed by atoms with Crippen molar-refractivity contribution in [3.05, 3.63) is 106 Å². The van der Waals surface area contributed by atoms with Gasteiger partial charge < -0.3 is 10.1 Å². The van der Waals surface area contributed by atoms with Gasteiger partial charge in [0.05, 0.1) is 16.6 Å². The number of rotatable bonds is 9. The van der Waals surface area contributed by atoms with E-state index < -0.39 is 6.36 Å². The molecule has 5 rings (SSSR count). The molecule has 46 heavy (non-hydrogen) atoms. The monoisotopic (exact) mass is 647 g/mol. The summed E-state index contributed by atoms with van der Waals surface area (Å²) < 4.78 is 42.7. The third-order valence-electron chi connectivity index (χ3n) is 7.68. The van der Waals surface area contributed by atoms with Crippen molar-refractivity contribution in [1.82, 2.24) is 20.1 Å². The van der Waals surface area contributed by atoms with Crippen LogP contribution in [0.15, 0.2) is 89.0 Å². The summed E-state index contributed by atoms with van der Waals surface area (Å²) in [7, 11) is 0. The molecule has 0 radical (unpaired) electrons. The highest BCUT2D eigenvalue weighted by molar-refractivity contribution is 8.17. The lowest BCUT2D eigenvalue weighted by Crippen LogP contribution is -2.27. The number of nitrogens with zero attached hydrogens (tertiary/aromatic N) is 4. The number of aromatic nitrogens is 3. The van der Waals surface area contributed by atoms with Crippen molar-refractivity contribution in [2.45, 2.75) is 59.2 Å². The van der Waals surface area contributed by atoms with E-state index in [1.54, 1.807) is 0 Å². The number of thioether (sulfide) groups is 1. The van der Waals surface area contributed by atoms with Crippen LogP contribution in [0.4, 0.5) is 18.0 Å². The lowest BCUT2D eigenvalue weighted by molar-refractivity contribution is -0.274. The minimum absolute atomic E-state index is 0.0108. The molecule has 1 aliphatic rings. The number of halogens is 3. The van der Waals surface area contributed by atoms with Crippen LogP contribution in [0.25, 0.3) is 17.1 Å². The van der Waals surface area contributed by atoms with E-state index in [2.05, 4.69) is 83.4 Å². The zero-order valence-electron chi connectivity index (χ0n) is 26.3. The molecule has 4 aromatic rings. The number of urea groups is 1. The van der Waals surface area contributed by atoms with Gasteiger partial charge >= 0.3 is 12.4 Å². The van der Waals surface area contributed by atoms with Crippen molar-refractivity contribution in [2.75, 3.05) is 6.54 Å². The van der Waals surface area contributed by atoms with E-state index in [1.165, 1.54) is 69.3 Å². The summed E-state index contributed by atoms with van der Waals surface area (Å²) in [6.45, 7) is 11.1. The second-order valence-corrected chi connectivity index (χ2v) is 12.8. The van der Waals surface area contributed by atoms with E-state index in [0.717, 1.165) is 22.6 Å². The van der Waals surface area contributed by atoms with Crippen LogP contribution >= 0.6 is 11.8 Å². The van der Waals surface area contributed by atoms with Crippen molar-refractivity contribution >= 4 is 22.8 Å². The van der Waals surface area contributed by atoms with Gasteiger partial charge in [0.15, 0.2) is 5.82 Å². The lowest BCUT2D eigenvalue weighted by Gasteiger charge is -2.21. The quantitative estimate of drug-likeness (QED) is 0.196. The maximum atomic E-state index is 12.9. The van der Waals surface area contributed by atoms with Crippen molar-refractivity contribution in [3.8, 4) is 22.8 Å². The van der Waals surface area contributed by atoms with Gasteiger partial charge in [0.1, 0.15) is 12.1 Å². The maximum absolute atomic E-state index is 12.9. The van der Waals surface area contributed by atoms with Crippen LogP contribution in [0.2, 0.25) is 0 Å². The highest BCUT2D eigenvalue weighted by Gasteiger charge is 2.31. The van der Waals surface area contributed by atoms with Gasteiger partial charge in [-0.05, 0) is 78.5 Å². The van der Waals surface area contributed by atoms with E-state index in [-0.39, 0.29) is 23.6 Å². The molecule has 0 fully saturated rings. The minimum Gasteiger partial charge on any atom is -0.406 e. The van der Waals surface area contributed by atoms with Gasteiger partial charge in [0.2, 0.25) is 0 Å². The molecule has 0 saturated carbocycles. The summed E-state index contributed by atoms with van der Waals surface area (Å²) in [6.07, 6.45) is -2.49. The summed E-state index contributed by atoms with van der Waals surface area (Å²) >= 11 is 1.52. The van der Waals surface area contributed by atoms with Crippen molar-refractivity contribution in [3.63, 3.8) is 0 Å². The molecule has 2 unspecified atom stereocenters. The third kappa shape index (κ3) is 8.25. The number of aliphatic imine (C=N–C) groups is 1. The highest BCUT2D eigenvalue weighted by Crippen LogP contribution is 2.41. The number of hydrogen-bond donors (Lipinski definition) is 1. The smallest absolute Gasteiger partial charge is 0.406 e. The number of nitrogens with one attached hydrogen (secondary N) is 1. The molecule has 0 spiro atoms. The predicted molar refractivity (Wildman–Crippen MR) is 177 cm³/mol. The average molecular weight is 648 g/mol. The van der Waals surface area contributed by atoms with Gasteiger partial charge in [-0.15, -0.1) is 18.3 Å². The Morgan fingerprint density at radius 1 is 1.04 bits per heavy atom. The molecule has 3 aromatic carbocycles. The number of amides is 2. The van der Waals surface area contributed by atoms with Crippen molar-refractivity contribution < 1.29 is 22.7 Å². The summed E-state index contributed by atoms with van der Waals surface area (Å²) in [5, 5.41) is 10.3. The first-order valence-electron chi connectivity index (χ1n) is 15.0. The molecule has 1 N–H and O–H groups in total. The largest absolute Gasteiger partial charge is 0.573 e. The summed E-state index contributed by atoms with van der Waals surface area (Å²) in [6, 6.07) is 19.5. The number of benzene rings is 3. The third-order valence-corrected chi connectivity index (χ3v) is 8.74. The minimum atomic E-state index is -4.75. The first-order chi connectivity index (χ1) is 21.9. The Labute approximate surface area is 271 Å². The number of aryl methyl sites for hydroxylation is 1. The molecular weight excluding hydrogens is 611 g/mol. The Balaban J connectivity index is 1.16. The zero-order valence-corrected chi connectivity index (χ0v) is 27.1. The fraction of sp³-hybridized carbons (Fsp3) is 0.314. The fourth-order valence-electron chi connectivity index (χ4n) is 5.41. The molecule has 0 saturated heterocycles. The van der Waals surface area contributed by atoms with Crippen LogP contribution in [-0.2, 0) is 6.42 Å². The van der Waals surface area contributed by atoms with E-state index in [4.69, 9.17) is 0 Å². The standard InChI is InChI=1S/C35H36F3N5O2S/c1-21(2)29-15-6-22(3)17-30(29)31-24(5)19-46-33(31)41-34(44)39-18-23(4)16-25-7-9-26(10-8-25)32-40-20-43(42-32)27-11-13-28(14-12-27)45-35(36,37)38/h6-15,17,19-21,23,31H,16,18H2,1-5H3,(H,39,44)/b41-33-. The van der Waals surface area contributed by atoms with Crippen LogP contribution in [0.3, 0.4) is 0 Å².